The maximum absolute atomic E-state index is 11.4. The monoisotopic (exact) mass is 211 g/mol. The fourth-order valence-corrected chi connectivity index (χ4v) is 2.08. The second kappa shape index (κ2) is 3.16. The lowest BCUT2D eigenvalue weighted by atomic mass is 9.96. The smallest absolute Gasteiger partial charge is 0.268 e. The minimum Gasteiger partial charge on any atom is -0.315 e. The van der Waals surface area contributed by atoms with Gasteiger partial charge in [0.1, 0.15) is 5.71 Å². The van der Waals surface area contributed by atoms with Crippen molar-refractivity contribution >= 4 is 23.0 Å². The topological polar surface area (TPSA) is 73.7 Å². The number of hydrazone groups is 1. The number of nitrogens with one attached hydrogen (secondary N) is 2. The molecule has 5 nitrogen and oxygen atoms in total. The number of amides is 1. The molecule has 3 N–H and O–H groups in total. The summed E-state index contributed by atoms with van der Waals surface area (Å²) in [5.41, 5.74) is 3.69. The van der Waals surface area contributed by atoms with Crippen LogP contribution in [0.1, 0.15) is 11.8 Å². The summed E-state index contributed by atoms with van der Waals surface area (Å²) in [4.78, 5) is 12.2. The highest BCUT2D eigenvalue weighted by atomic mass is 32.1. The second-order valence-electron chi connectivity index (χ2n) is 3.12. The van der Waals surface area contributed by atoms with Gasteiger partial charge in [-0.2, -0.15) is 10.6 Å². The molecule has 0 saturated heterocycles. The number of hydrogen-bond acceptors (Lipinski definition) is 5. The minimum absolute atomic E-state index is 0.358. The number of nitrogens with zero attached hydrogens (tertiary/aromatic N) is 1. The van der Waals surface area contributed by atoms with Gasteiger partial charge >= 0.3 is 0 Å². The average molecular weight is 211 g/mol. The first-order chi connectivity index (χ1) is 6.68. The van der Waals surface area contributed by atoms with E-state index >= 15 is 0 Å². The summed E-state index contributed by atoms with van der Waals surface area (Å²) < 4.78 is 0. The third-order valence-corrected chi connectivity index (χ3v) is 3.05. The Labute approximate surface area is 84.4 Å². The van der Waals surface area contributed by atoms with Gasteiger partial charge in [0.15, 0.2) is 5.54 Å². The van der Waals surface area contributed by atoms with Crippen LogP contribution >= 0.6 is 11.3 Å². The van der Waals surface area contributed by atoms with E-state index in [1.807, 2.05) is 23.0 Å². The van der Waals surface area contributed by atoms with Crippen LogP contribution < -0.4 is 10.9 Å². The van der Waals surface area contributed by atoms with Gasteiger partial charge in [-0.1, -0.05) is 6.07 Å². The summed E-state index contributed by atoms with van der Waals surface area (Å²) in [6.45, 7) is 1.58. The molecular formula is C8H9N3O2S. The number of carbonyl (C=O) groups excluding carboxylic acids is 1. The average Bonchev–Trinajstić information content (AvgIpc) is 2.77. The third-order valence-electron chi connectivity index (χ3n) is 2.18. The Morgan fingerprint density at radius 1 is 1.71 bits per heavy atom. The molecule has 0 radical (unpaired) electrons. The van der Waals surface area contributed by atoms with Gasteiger partial charge in [0.05, 0.1) is 4.88 Å². The van der Waals surface area contributed by atoms with Gasteiger partial charge in [-0.25, -0.2) is 5.43 Å². The normalized spacial score (nSPS) is 26.1. The van der Waals surface area contributed by atoms with Crippen molar-refractivity contribution in [2.75, 3.05) is 0 Å². The fourth-order valence-electron chi connectivity index (χ4n) is 1.26. The van der Waals surface area contributed by atoms with Gasteiger partial charge in [0.25, 0.3) is 5.91 Å². The predicted octanol–water partition coefficient (Wildman–Crippen LogP) is 0.320. The molecule has 0 spiro atoms. The van der Waals surface area contributed by atoms with Gasteiger partial charge in [0.2, 0.25) is 0 Å². The Balaban J connectivity index is 2.42. The Bertz CT molecular complexity index is 387. The summed E-state index contributed by atoms with van der Waals surface area (Å²) in [6.07, 6.45) is 0. The Morgan fingerprint density at radius 2 is 2.50 bits per heavy atom. The molecule has 1 aromatic heterocycles. The molecule has 0 saturated carbocycles. The lowest BCUT2D eigenvalue weighted by Gasteiger charge is -2.19. The number of thiophene rings is 1. The van der Waals surface area contributed by atoms with E-state index < -0.39 is 5.54 Å². The Hall–Kier alpha value is -1.24. The molecule has 6 heteroatoms. The van der Waals surface area contributed by atoms with Crippen molar-refractivity contribution in [3.63, 3.8) is 0 Å². The molecule has 1 amide bonds. The van der Waals surface area contributed by atoms with Crippen molar-refractivity contribution in [2.24, 2.45) is 5.10 Å². The first kappa shape index (κ1) is 9.32. The maximum atomic E-state index is 11.4. The molecule has 2 heterocycles. The molecule has 74 valence electrons. The van der Waals surface area contributed by atoms with Crippen LogP contribution in [0.5, 0.6) is 0 Å². The van der Waals surface area contributed by atoms with Crippen LogP contribution in [0, 0.1) is 0 Å². The summed E-state index contributed by atoms with van der Waals surface area (Å²) in [5, 5.41) is 14.8. The van der Waals surface area contributed by atoms with Crippen LogP contribution in [0.3, 0.4) is 0 Å². The molecule has 0 fully saturated rings. The molecule has 0 aliphatic carbocycles. The lowest BCUT2D eigenvalue weighted by molar-refractivity contribution is -0.126. The lowest BCUT2D eigenvalue weighted by Crippen LogP contribution is -2.53. The van der Waals surface area contributed by atoms with E-state index in [-0.39, 0.29) is 5.91 Å². The minimum atomic E-state index is -1.15. The van der Waals surface area contributed by atoms with Crippen molar-refractivity contribution in [3.05, 3.63) is 22.4 Å². The summed E-state index contributed by atoms with van der Waals surface area (Å²) in [5.74, 6) is -0.358. The number of hydrogen-bond donors (Lipinski definition) is 3. The molecule has 1 unspecified atom stereocenters. The Kier molecular flexibility index (Phi) is 2.10. The molecule has 1 aliphatic rings. The van der Waals surface area contributed by atoms with Crippen LogP contribution in [0.2, 0.25) is 0 Å². The largest absolute Gasteiger partial charge is 0.315 e. The van der Waals surface area contributed by atoms with Crippen molar-refractivity contribution in [3.8, 4) is 0 Å². The highest BCUT2D eigenvalue weighted by Crippen LogP contribution is 2.21. The zero-order chi connectivity index (χ0) is 10.2. The molecule has 14 heavy (non-hydrogen) atoms. The summed E-state index contributed by atoms with van der Waals surface area (Å²) >= 11 is 1.47. The first-order valence-corrected chi connectivity index (χ1v) is 4.90. The van der Waals surface area contributed by atoms with Crippen molar-refractivity contribution in [1.29, 1.82) is 0 Å². The number of hydroxylamine groups is 1. The number of rotatable bonds is 2. The van der Waals surface area contributed by atoms with Crippen molar-refractivity contribution < 1.29 is 10.0 Å². The fraction of sp³-hybridized carbons (Fsp3) is 0.250. The van der Waals surface area contributed by atoms with Gasteiger partial charge < -0.3 is 5.21 Å². The SMILES string of the molecule is CC1(NO)C(=O)NN=C1c1cccs1. The predicted molar refractivity (Wildman–Crippen MR) is 52.3 cm³/mol. The van der Waals surface area contributed by atoms with E-state index in [2.05, 4.69) is 10.5 Å². The van der Waals surface area contributed by atoms with Gasteiger partial charge in [0, 0.05) is 0 Å². The zero-order valence-corrected chi connectivity index (χ0v) is 8.26. The van der Waals surface area contributed by atoms with Crippen LogP contribution in [-0.2, 0) is 4.79 Å². The van der Waals surface area contributed by atoms with Crippen molar-refractivity contribution in [2.45, 2.75) is 12.5 Å². The van der Waals surface area contributed by atoms with E-state index in [0.717, 1.165) is 4.88 Å². The molecule has 0 bridgehead atoms. The standard InChI is InChI=1S/C8H9N3O2S/c1-8(11-13)6(9-10-7(8)12)5-3-2-4-14-5/h2-4,11,13H,1H3,(H,10,12). The van der Waals surface area contributed by atoms with E-state index in [1.54, 1.807) is 6.92 Å². The van der Waals surface area contributed by atoms with Gasteiger partial charge in [-0.3, -0.25) is 4.79 Å². The quantitative estimate of drug-likeness (QED) is 0.617. The number of carbonyl (C=O) groups is 1. The van der Waals surface area contributed by atoms with E-state index in [4.69, 9.17) is 5.21 Å². The van der Waals surface area contributed by atoms with E-state index in [0.29, 0.717) is 5.71 Å². The van der Waals surface area contributed by atoms with E-state index in [9.17, 15) is 4.79 Å². The van der Waals surface area contributed by atoms with Crippen molar-refractivity contribution in [1.82, 2.24) is 10.9 Å². The molecule has 0 aromatic carbocycles. The van der Waals surface area contributed by atoms with Crippen LogP contribution in [-0.4, -0.2) is 22.4 Å². The molecule has 1 aromatic rings. The highest BCUT2D eigenvalue weighted by molar-refractivity contribution is 7.12. The highest BCUT2D eigenvalue weighted by Gasteiger charge is 2.44. The van der Waals surface area contributed by atoms with Crippen LogP contribution in [0.25, 0.3) is 0 Å². The van der Waals surface area contributed by atoms with Gasteiger partial charge in [-0.15, -0.1) is 11.3 Å². The molecular weight excluding hydrogens is 202 g/mol. The summed E-state index contributed by atoms with van der Waals surface area (Å²) in [6, 6.07) is 3.71. The molecule has 2 rings (SSSR count). The molecule has 1 atom stereocenters. The third kappa shape index (κ3) is 1.16. The summed E-state index contributed by atoms with van der Waals surface area (Å²) in [7, 11) is 0. The van der Waals surface area contributed by atoms with Crippen LogP contribution in [0.4, 0.5) is 0 Å². The van der Waals surface area contributed by atoms with Crippen LogP contribution in [0.15, 0.2) is 22.6 Å². The van der Waals surface area contributed by atoms with E-state index in [1.165, 1.54) is 11.3 Å². The second-order valence-corrected chi connectivity index (χ2v) is 4.06. The first-order valence-electron chi connectivity index (χ1n) is 4.02. The maximum Gasteiger partial charge on any atom is 0.268 e. The van der Waals surface area contributed by atoms with Gasteiger partial charge in [-0.05, 0) is 18.4 Å². The molecule has 1 aliphatic heterocycles. The zero-order valence-electron chi connectivity index (χ0n) is 7.44. The Morgan fingerprint density at radius 3 is 3.07 bits per heavy atom.